The van der Waals surface area contributed by atoms with E-state index >= 15 is 0 Å². The van der Waals surface area contributed by atoms with Gasteiger partial charge in [0.1, 0.15) is 0 Å². The number of carbonyl (C=O) groups is 2. The molecule has 0 aromatic carbocycles. The molecule has 0 bridgehead atoms. The van der Waals surface area contributed by atoms with E-state index in [0.717, 1.165) is 13.8 Å². The van der Waals surface area contributed by atoms with Gasteiger partial charge in [0, 0.05) is 34.3 Å². The van der Waals surface area contributed by atoms with Crippen LogP contribution in [0.15, 0.2) is 0 Å². The number of hydrogen-bond acceptors (Lipinski definition) is 2. The Morgan fingerprint density at radius 3 is 0.377 bits per heavy atom. The van der Waals surface area contributed by atoms with Gasteiger partial charge in [0.15, 0.2) is 0 Å². The molecule has 0 rings (SSSR count). The molecule has 0 aliphatic carbocycles. The van der Waals surface area contributed by atoms with E-state index in [2.05, 4.69) is 83.1 Å². The van der Waals surface area contributed by atoms with Gasteiger partial charge in [-0.2, -0.15) is 0 Å². The van der Waals surface area contributed by atoms with Crippen molar-refractivity contribution in [1.82, 2.24) is 0 Å². The Labute approximate surface area is 406 Å². The van der Waals surface area contributed by atoms with Crippen molar-refractivity contribution in [2.24, 2.45) is 0 Å². The van der Waals surface area contributed by atoms with Crippen molar-refractivity contribution in [3.8, 4) is 0 Å². The number of aliphatic carboxylic acids is 2. The summed E-state index contributed by atoms with van der Waals surface area (Å²) in [6.07, 6.45) is 52.9. The van der Waals surface area contributed by atoms with Gasteiger partial charge in [-0.3, -0.25) is 9.59 Å². The zero-order valence-electron chi connectivity index (χ0n) is 44.3. The van der Waals surface area contributed by atoms with Crippen molar-refractivity contribution in [1.29, 1.82) is 0 Å². The third-order valence-corrected chi connectivity index (χ3v) is 21.3. The van der Waals surface area contributed by atoms with Gasteiger partial charge in [-0.05, 0) is 151 Å². The molecule has 0 aromatic rings. The molecule has 0 aliphatic heterocycles. The molecule has 0 aliphatic rings. The minimum absolute atomic E-state index is 0. The molecule has 0 fully saturated rings. The molecule has 61 heavy (non-hydrogen) atoms. The van der Waals surface area contributed by atoms with E-state index in [4.69, 9.17) is 19.8 Å². The summed E-state index contributed by atoms with van der Waals surface area (Å²) in [6, 6.07) is 0. The summed E-state index contributed by atoms with van der Waals surface area (Å²) in [4.78, 5) is 18.0. The molecule has 0 aromatic heterocycles. The van der Waals surface area contributed by atoms with Gasteiger partial charge in [-0.25, -0.2) is 0 Å². The van der Waals surface area contributed by atoms with Crippen molar-refractivity contribution >= 4 is 43.6 Å². The van der Waals surface area contributed by atoms with Gasteiger partial charge in [-0.15, -0.1) is 31.7 Å². The molecule has 4 nitrogen and oxygen atoms in total. The SMILES string of the molecule is CC(=O)O.CC(=O)O.CCCCP(CCCC)CCCC.CCCCP(CCCC)CCCC.CCCCP(CCCC)CCCC.CCCCP(CCCC)CCCC.[Pd]. The maximum atomic E-state index is 9.00. The number of hydrogen-bond donors (Lipinski definition) is 2. The minimum atomic E-state index is -0.833. The first-order valence-corrected chi connectivity index (χ1v) is 33.7. The molecule has 0 saturated carbocycles. The molecule has 0 spiro atoms. The van der Waals surface area contributed by atoms with Crippen molar-refractivity contribution in [3.05, 3.63) is 0 Å². The topological polar surface area (TPSA) is 74.6 Å². The zero-order valence-corrected chi connectivity index (χ0v) is 49.4. The van der Waals surface area contributed by atoms with Gasteiger partial charge in [0.25, 0.3) is 11.9 Å². The van der Waals surface area contributed by atoms with Gasteiger partial charge in [-0.1, -0.05) is 160 Å². The van der Waals surface area contributed by atoms with Crippen LogP contribution in [-0.4, -0.2) is 96.1 Å². The third kappa shape index (κ3) is 88.7. The fourth-order valence-electron chi connectivity index (χ4n) is 5.92. The first-order valence-electron chi connectivity index (χ1n) is 26.1. The molecular formula is C52H116O4P4Pd. The van der Waals surface area contributed by atoms with Crippen LogP contribution in [0.5, 0.6) is 0 Å². The van der Waals surface area contributed by atoms with Gasteiger partial charge in [0.2, 0.25) is 0 Å². The minimum Gasteiger partial charge on any atom is -0.481 e. The average molecular weight is 1040 g/mol. The van der Waals surface area contributed by atoms with Gasteiger partial charge < -0.3 is 10.2 Å². The Morgan fingerprint density at radius 1 is 0.262 bits per heavy atom. The van der Waals surface area contributed by atoms with Crippen LogP contribution in [0, 0.1) is 0 Å². The maximum Gasteiger partial charge on any atom is 0.300 e. The van der Waals surface area contributed by atoms with E-state index < -0.39 is 11.9 Å². The van der Waals surface area contributed by atoms with Crippen molar-refractivity contribution in [2.75, 3.05) is 73.9 Å². The monoisotopic (exact) mass is 1030 g/mol. The number of carboxylic acids is 2. The van der Waals surface area contributed by atoms with E-state index in [0.29, 0.717) is 31.7 Å². The van der Waals surface area contributed by atoms with Crippen LogP contribution in [0.2, 0.25) is 0 Å². The van der Waals surface area contributed by atoms with Crippen LogP contribution in [0.3, 0.4) is 0 Å². The molecule has 2 N–H and O–H groups in total. The Bertz CT molecular complexity index is 558. The van der Waals surface area contributed by atoms with E-state index in [-0.39, 0.29) is 20.4 Å². The Balaban J connectivity index is -0.000000119. The Morgan fingerprint density at radius 2 is 0.328 bits per heavy atom. The predicted octanol–water partition coefficient (Wildman–Crippen LogP) is 19.7. The normalized spacial score (nSPS) is 10.3. The summed E-state index contributed by atoms with van der Waals surface area (Å²) < 4.78 is 0. The molecule has 0 amide bonds. The summed E-state index contributed by atoms with van der Waals surface area (Å²) in [7, 11) is 1.69. The largest absolute Gasteiger partial charge is 0.481 e. The molecule has 0 unspecified atom stereocenters. The summed E-state index contributed by atoms with van der Waals surface area (Å²) in [5, 5.41) is 14.8. The van der Waals surface area contributed by atoms with Crippen LogP contribution >= 0.6 is 31.7 Å². The fourth-order valence-corrected chi connectivity index (χ4v) is 17.8. The van der Waals surface area contributed by atoms with E-state index in [1.54, 1.807) is 73.9 Å². The van der Waals surface area contributed by atoms with Crippen LogP contribution in [0.25, 0.3) is 0 Å². The Kier molecular flexibility index (Phi) is 91.5. The number of carboxylic acid groups (broad SMARTS) is 2. The van der Waals surface area contributed by atoms with Gasteiger partial charge in [0.05, 0.1) is 0 Å². The second-order valence-electron chi connectivity index (χ2n) is 16.6. The molecule has 378 valence electrons. The standard InChI is InChI=1S/4C12H27P.2C2H4O2.Pd/c4*1-4-7-10-13(11-8-5-2)12-9-6-3;2*1-2(3)4;/h4*4-12H2,1-3H3;2*1H3,(H,3,4);. The molecule has 9 heteroatoms. The van der Waals surface area contributed by atoms with Crippen LogP contribution in [0.4, 0.5) is 0 Å². The van der Waals surface area contributed by atoms with Crippen molar-refractivity contribution in [3.63, 3.8) is 0 Å². The molecule has 0 atom stereocenters. The molecular weight excluding hydrogens is 919 g/mol. The quantitative estimate of drug-likeness (QED) is 0.0484. The maximum absolute atomic E-state index is 9.00. The van der Waals surface area contributed by atoms with E-state index in [1.165, 1.54) is 154 Å². The fraction of sp³-hybridized carbons (Fsp3) is 0.962. The van der Waals surface area contributed by atoms with Crippen LogP contribution in [-0.2, 0) is 30.0 Å². The first kappa shape index (κ1) is 76.6. The summed E-state index contributed by atoms with van der Waals surface area (Å²) in [5.41, 5.74) is 0. The summed E-state index contributed by atoms with van der Waals surface area (Å²) >= 11 is 0. The second-order valence-corrected chi connectivity index (χ2v) is 27.4. The van der Waals surface area contributed by atoms with E-state index in [9.17, 15) is 0 Å². The summed E-state index contributed by atoms with van der Waals surface area (Å²) in [5.74, 6) is -1.67. The number of unbranched alkanes of at least 4 members (excludes halogenated alkanes) is 12. The van der Waals surface area contributed by atoms with Crippen molar-refractivity contribution < 1.29 is 40.2 Å². The first-order chi connectivity index (χ1) is 28.8. The van der Waals surface area contributed by atoms with E-state index in [1.807, 2.05) is 0 Å². The number of rotatable bonds is 36. The average Bonchev–Trinajstić information content (AvgIpc) is 3.23. The predicted molar refractivity (Wildman–Crippen MR) is 292 cm³/mol. The van der Waals surface area contributed by atoms with Gasteiger partial charge >= 0.3 is 0 Å². The zero-order chi connectivity index (χ0) is 46.9. The smallest absolute Gasteiger partial charge is 0.300 e. The van der Waals surface area contributed by atoms with Crippen LogP contribution < -0.4 is 0 Å². The second kappa shape index (κ2) is 72.9. The Hall–Kier alpha value is 1.32. The van der Waals surface area contributed by atoms with Crippen molar-refractivity contribution in [2.45, 2.75) is 251 Å². The van der Waals surface area contributed by atoms with Crippen LogP contribution in [0.1, 0.15) is 251 Å². The molecule has 0 saturated heterocycles. The summed E-state index contributed by atoms with van der Waals surface area (Å²) in [6.45, 7) is 29.9. The molecule has 0 heterocycles. The molecule has 0 radical (unpaired) electrons. The third-order valence-electron chi connectivity index (χ3n) is 9.93.